The minimum Gasteiger partial charge on any atom is -0.497 e. The number of hydrogen-bond acceptors (Lipinski definition) is 4. The van der Waals surface area contributed by atoms with Crippen molar-refractivity contribution in [2.45, 2.75) is 19.0 Å². The van der Waals surface area contributed by atoms with Crippen LogP contribution in [0.25, 0.3) is 0 Å². The lowest BCUT2D eigenvalue weighted by atomic mass is 9.90. The maximum absolute atomic E-state index is 5.39. The van der Waals surface area contributed by atoms with Gasteiger partial charge in [-0.15, -0.1) is 0 Å². The molecule has 0 saturated heterocycles. The Labute approximate surface area is 141 Å². The molecular weight excluding hydrogens is 300 g/mol. The van der Waals surface area contributed by atoms with Gasteiger partial charge in [-0.1, -0.05) is 12.1 Å². The van der Waals surface area contributed by atoms with Crippen LogP contribution in [-0.2, 0) is 13.1 Å². The van der Waals surface area contributed by atoms with Crippen molar-refractivity contribution in [1.29, 1.82) is 0 Å². The van der Waals surface area contributed by atoms with E-state index in [1.807, 2.05) is 24.5 Å². The van der Waals surface area contributed by atoms with Gasteiger partial charge in [-0.25, -0.2) is 4.98 Å². The topological polar surface area (TPSA) is 54.0 Å². The molecule has 5 nitrogen and oxygen atoms in total. The van der Waals surface area contributed by atoms with Gasteiger partial charge in [-0.3, -0.25) is 9.88 Å². The Bertz CT molecular complexity index is 815. The summed E-state index contributed by atoms with van der Waals surface area (Å²) < 4.78 is 5.39. The van der Waals surface area contributed by atoms with Crippen molar-refractivity contribution in [2.24, 2.45) is 0 Å². The minimum atomic E-state index is 0.247. The van der Waals surface area contributed by atoms with Gasteiger partial charge in [0.05, 0.1) is 24.8 Å². The molecule has 3 heterocycles. The van der Waals surface area contributed by atoms with Gasteiger partial charge in [0, 0.05) is 37.9 Å². The van der Waals surface area contributed by atoms with Gasteiger partial charge in [0.15, 0.2) is 0 Å². The molecule has 0 saturated carbocycles. The normalized spacial score (nSPS) is 17.5. The number of nitrogens with one attached hydrogen (secondary N) is 1. The number of imidazole rings is 1. The summed E-state index contributed by atoms with van der Waals surface area (Å²) in [6.07, 6.45) is 5.49. The highest BCUT2D eigenvalue weighted by molar-refractivity contribution is 5.38. The summed E-state index contributed by atoms with van der Waals surface area (Å²) in [4.78, 5) is 14.4. The van der Waals surface area contributed by atoms with Gasteiger partial charge >= 0.3 is 0 Å². The van der Waals surface area contributed by atoms with Crippen LogP contribution in [0.5, 0.6) is 5.75 Å². The predicted molar refractivity (Wildman–Crippen MR) is 91.8 cm³/mol. The van der Waals surface area contributed by atoms with Crippen molar-refractivity contribution < 1.29 is 4.74 Å². The zero-order valence-corrected chi connectivity index (χ0v) is 13.6. The maximum Gasteiger partial charge on any atom is 0.119 e. The molecule has 0 amide bonds. The van der Waals surface area contributed by atoms with Crippen LogP contribution in [0.3, 0.4) is 0 Å². The molecule has 0 aliphatic carbocycles. The van der Waals surface area contributed by atoms with Gasteiger partial charge < -0.3 is 9.72 Å². The summed E-state index contributed by atoms with van der Waals surface area (Å²) in [6, 6.07) is 12.4. The Morgan fingerprint density at radius 2 is 2.12 bits per heavy atom. The number of ether oxygens (including phenoxy) is 1. The number of hydrogen-bond donors (Lipinski definition) is 1. The molecule has 24 heavy (non-hydrogen) atoms. The zero-order valence-electron chi connectivity index (χ0n) is 13.6. The fraction of sp³-hybridized carbons (Fsp3) is 0.263. The largest absolute Gasteiger partial charge is 0.497 e. The highest BCUT2D eigenvalue weighted by Crippen LogP contribution is 2.33. The first-order valence-electron chi connectivity index (χ1n) is 8.11. The van der Waals surface area contributed by atoms with Crippen LogP contribution < -0.4 is 4.74 Å². The fourth-order valence-electron chi connectivity index (χ4n) is 3.38. The average Bonchev–Trinajstić information content (AvgIpc) is 3.10. The number of rotatable bonds is 4. The maximum atomic E-state index is 5.39. The first kappa shape index (κ1) is 14.9. The highest BCUT2D eigenvalue weighted by Gasteiger charge is 2.29. The van der Waals surface area contributed by atoms with Crippen LogP contribution >= 0.6 is 0 Å². The third-order valence-corrected chi connectivity index (χ3v) is 4.56. The number of fused-ring (bicyclic) bond motifs is 1. The lowest BCUT2D eigenvalue weighted by Crippen LogP contribution is -2.33. The molecule has 2 aromatic heterocycles. The molecule has 1 atom stereocenters. The average molecular weight is 320 g/mol. The third kappa shape index (κ3) is 2.90. The predicted octanol–water partition coefficient (Wildman–Crippen LogP) is 2.96. The smallest absolute Gasteiger partial charge is 0.119 e. The zero-order chi connectivity index (χ0) is 16.4. The number of methoxy groups -OCH3 is 1. The molecule has 1 aliphatic rings. The van der Waals surface area contributed by atoms with E-state index >= 15 is 0 Å². The lowest BCUT2D eigenvalue weighted by molar-refractivity contribution is 0.227. The van der Waals surface area contributed by atoms with E-state index in [-0.39, 0.29) is 5.92 Å². The van der Waals surface area contributed by atoms with Gasteiger partial charge in [0.2, 0.25) is 0 Å². The van der Waals surface area contributed by atoms with E-state index in [1.54, 1.807) is 13.4 Å². The second-order valence-corrected chi connectivity index (χ2v) is 6.12. The molecule has 1 N–H and O–H groups in total. The molecule has 5 heteroatoms. The SMILES string of the molecule is COc1cccc(C2CN(Cc3ccncc3)Cc3[nH]cnc32)c1. The monoisotopic (exact) mass is 320 g/mol. The summed E-state index contributed by atoms with van der Waals surface area (Å²) in [5.74, 6) is 1.13. The number of aromatic amines is 1. The molecule has 1 unspecified atom stereocenters. The van der Waals surface area contributed by atoms with Gasteiger partial charge in [0.25, 0.3) is 0 Å². The van der Waals surface area contributed by atoms with Gasteiger partial charge in [-0.05, 0) is 35.4 Å². The second kappa shape index (κ2) is 6.45. The molecular formula is C19H20N4O. The molecule has 0 bridgehead atoms. The number of pyridine rings is 1. The Balaban J connectivity index is 1.64. The lowest BCUT2D eigenvalue weighted by Gasteiger charge is -2.32. The van der Waals surface area contributed by atoms with Crippen LogP contribution in [0.2, 0.25) is 0 Å². The van der Waals surface area contributed by atoms with E-state index in [0.717, 1.165) is 31.1 Å². The molecule has 4 rings (SSSR count). The number of nitrogens with zero attached hydrogens (tertiary/aromatic N) is 3. The quantitative estimate of drug-likeness (QED) is 0.803. The number of H-pyrrole nitrogens is 1. The molecule has 122 valence electrons. The van der Waals surface area contributed by atoms with E-state index in [1.165, 1.54) is 16.8 Å². The minimum absolute atomic E-state index is 0.247. The summed E-state index contributed by atoms with van der Waals surface area (Å²) in [7, 11) is 1.70. The van der Waals surface area contributed by atoms with E-state index in [4.69, 9.17) is 4.74 Å². The highest BCUT2D eigenvalue weighted by atomic mass is 16.5. The van der Waals surface area contributed by atoms with E-state index in [9.17, 15) is 0 Å². The first-order chi connectivity index (χ1) is 11.8. The molecule has 0 spiro atoms. The fourth-order valence-corrected chi connectivity index (χ4v) is 3.38. The van der Waals surface area contributed by atoms with Crippen molar-refractivity contribution >= 4 is 0 Å². The summed E-state index contributed by atoms with van der Waals surface area (Å²) in [5.41, 5.74) is 4.86. The molecule has 0 radical (unpaired) electrons. The van der Waals surface area contributed by atoms with E-state index in [2.05, 4.69) is 44.1 Å². The molecule has 1 aliphatic heterocycles. The van der Waals surface area contributed by atoms with Gasteiger partial charge in [-0.2, -0.15) is 0 Å². The molecule has 1 aromatic carbocycles. The van der Waals surface area contributed by atoms with E-state index < -0.39 is 0 Å². The molecule has 0 fully saturated rings. The van der Waals surface area contributed by atoms with Gasteiger partial charge in [0.1, 0.15) is 5.75 Å². The van der Waals surface area contributed by atoms with Crippen LogP contribution in [0.15, 0.2) is 55.1 Å². The Morgan fingerprint density at radius 1 is 1.25 bits per heavy atom. The second-order valence-electron chi connectivity index (χ2n) is 6.12. The Morgan fingerprint density at radius 3 is 2.96 bits per heavy atom. The van der Waals surface area contributed by atoms with Crippen molar-refractivity contribution in [1.82, 2.24) is 19.9 Å². The van der Waals surface area contributed by atoms with Crippen LogP contribution in [0, 0.1) is 0 Å². The number of aromatic nitrogens is 3. The van der Waals surface area contributed by atoms with Crippen molar-refractivity contribution in [3.05, 3.63) is 77.6 Å². The molecule has 3 aromatic rings. The van der Waals surface area contributed by atoms with Crippen molar-refractivity contribution in [3.8, 4) is 5.75 Å². The first-order valence-corrected chi connectivity index (χ1v) is 8.11. The summed E-state index contributed by atoms with van der Waals surface area (Å²) in [6.45, 7) is 2.73. The standard InChI is InChI=1S/C19H20N4O/c1-24-16-4-2-3-15(9-16)17-11-23(10-14-5-7-20-8-6-14)12-18-19(17)22-13-21-18/h2-9,13,17H,10-12H2,1H3,(H,21,22). The van der Waals surface area contributed by atoms with Crippen LogP contribution in [0.4, 0.5) is 0 Å². The third-order valence-electron chi connectivity index (χ3n) is 4.56. The van der Waals surface area contributed by atoms with Crippen molar-refractivity contribution in [3.63, 3.8) is 0 Å². The Hall–Kier alpha value is -2.66. The summed E-state index contributed by atoms with van der Waals surface area (Å²) in [5, 5.41) is 0. The van der Waals surface area contributed by atoms with Crippen molar-refractivity contribution in [2.75, 3.05) is 13.7 Å². The number of benzene rings is 1. The Kier molecular flexibility index (Phi) is 4.01. The van der Waals surface area contributed by atoms with Crippen LogP contribution in [0.1, 0.15) is 28.4 Å². The van der Waals surface area contributed by atoms with E-state index in [0.29, 0.717) is 0 Å². The summed E-state index contributed by atoms with van der Waals surface area (Å²) >= 11 is 0. The van der Waals surface area contributed by atoms with Crippen LogP contribution in [-0.4, -0.2) is 33.5 Å².